The number of para-hydroxylation sites is 1. The van der Waals surface area contributed by atoms with Crippen LogP contribution in [-0.4, -0.2) is 65.7 Å². The van der Waals surface area contributed by atoms with E-state index in [0.29, 0.717) is 31.7 Å². The highest BCUT2D eigenvalue weighted by molar-refractivity contribution is 6.06. The lowest BCUT2D eigenvalue weighted by molar-refractivity contribution is -0.130. The molecule has 0 aliphatic carbocycles. The molecule has 1 fully saturated rings. The van der Waals surface area contributed by atoms with Crippen LogP contribution in [0, 0.1) is 0 Å². The van der Waals surface area contributed by atoms with Crippen LogP contribution in [-0.2, 0) is 4.79 Å². The molecule has 0 bridgehead atoms. The largest absolute Gasteiger partial charge is 0.339 e. The molecule has 7 nitrogen and oxygen atoms in total. The summed E-state index contributed by atoms with van der Waals surface area (Å²) in [5.41, 5.74) is 1.39. The van der Waals surface area contributed by atoms with Gasteiger partial charge in [0, 0.05) is 57.6 Å². The van der Waals surface area contributed by atoms with Gasteiger partial charge in [0.15, 0.2) is 0 Å². The first-order valence-electron chi connectivity index (χ1n) is 8.81. The number of piperazine rings is 1. The molecule has 3 amide bonds. The quantitative estimate of drug-likeness (QED) is 0.828. The second-order valence-corrected chi connectivity index (χ2v) is 6.43. The van der Waals surface area contributed by atoms with E-state index in [9.17, 15) is 14.4 Å². The fraction of sp³-hybridized carbons (Fsp3) is 0.300. The first-order chi connectivity index (χ1) is 13.0. The summed E-state index contributed by atoms with van der Waals surface area (Å²) in [6.45, 7) is 3.53. The Morgan fingerprint density at radius 3 is 2.22 bits per heavy atom. The van der Waals surface area contributed by atoms with Crippen LogP contribution in [0.5, 0.6) is 0 Å². The number of aromatic nitrogens is 1. The smallest absolute Gasteiger partial charge is 0.276 e. The number of amides is 3. The van der Waals surface area contributed by atoms with Gasteiger partial charge in [-0.2, -0.15) is 0 Å². The standard InChI is InChI=1S/C20H22N4O3/c1-15(25)23-10-12-24(13-11-23)19(26)16-8-9-21-18(14-16)20(27)22(2)17-6-4-3-5-7-17/h3-9,14H,10-13H2,1-2H3. The highest BCUT2D eigenvalue weighted by Crippen LogP contribution is 2.15. The number of carbonyl (C=O) groups is 3. The predicted octanol–water partition coefficient (Wildman–Crippen LogP) is 1.66. The second-order valence-electron chi connectivity index (χ2n) is 6.43. The number of hydrogen-bond donors (Lipinski definition) is 0. The molecule has 2 aromatic rings. The second kappa shape index (κ2) is 7.99. The summed E-state index contributed by atoms with van der Waals surface area (Å²) in [7, 11) is 1.68. The van der Waals surface area contributed by atoms with Gasteiger partial charge < -0.3 is 14.7 Å². The summed E-state index contributed by atoms with van der Waals surface area (Å²) in [5.74, 6) is -0.419. The number of nitrogens with zero attached hydrogens (tertiary/aromatic N) is 4. The lowest BCUT2D eigenvalue weighted by Gasteiger charge is -2.34. The molecule has 0 atom stereocenters. The molecule has 0 radical (unpaired) electrons. The number of pyridine rings is 1. The van der Waals surface area contributed by atoms with Gasteiger partial charge in [-0.1, -0.05) is 18.2 Å². The minimum atomic E-state index is -0.280. The Bertz CT molecular complexity index is 845. The number of anilines is 1. The molecular weight excluding hydrogens is 344 g/mol. The number of rotatable bonds is 3. The third-order valence-electron chi connectivity index (χ3n) is 4.69. The van der Waals surface area contributed by atoms with E-state index in [2.05, 4.69) is 4.98 Å². The van der Waals surface area contributed by atoms with Gasteiger partial charge in [0.05, 0.1) is 0 Å². The average Bonchev–Trinajstić information content (AvgIpc) is 2.73. The molecule has 1 aromatic carbocycles. The first-order valence-corrected chi connectivity index (χ1v) is 8.81. The minimum Gasteiger partial charge on any atom is -0.339 e. The molecule has 0 spiro atoms. The third kappa shape index (κ3) is 4.13. The fourth-order valence-corrected chi connectivity index (χ4v) is 3.03. The molecule has 7 heteroatoms. The van der Waals surface area contributed by atoms with Gasteiger partial charge in [-0.3, -0.25) is 19.4 Å². The van der Waals surface area contributed by atoms with Crippen molar-refractivity contribution in [2.75, 3.05) is 38.1 Å². The van der Waals surface area contributed by atoms with E-state index in [-0.39, 0.29) is 23.4 Å². The minimum absolute atomic E-state index is 0.0165. The maximum absolute atomic E-state index is 12.8. The average molecular weight is 366 g/mol. The van der Waals surface area contributed by atoms with Crippen molar-refractivity contribution < 1.29 is 14.4 Å². The van der Waals surface area contributed by atoms with Crippen LogP contribution in [0.3, 0.4) is 0 Å². The van der Waals surface area contributed by atoms with Gasteiger partial charge in [0.2, 0.25) is 5.91 Å². The lowest BCUT2D eigenvalue weighted by atomic mass is 10.1. The SMILES string of the molecule is CC(=O)N1CCN(C(=O)c2ccnc(C(=O)N(C)c3ccccc3)c2)CC1. The Kier molecular flexibility index (Phi) is 5.49. The zero-order valence-electron chi connectivity index (χ0n) is 15.5. The topological polar surface area (TPSA) is 73.8 Å². The summed E-state index contributed by atoms with van der Waals surface area (Å²) in [5, 5.41) is 0. The molecule has 140 valence electrons. The van der Waals surface area contributed by atoms with Crippen molar-refractivity contribution in [1.82, 2.24) is 14.8 Å². The molecule has 0 unspecified atom stereocenters. The highest BCUT2D eigenvalue weighted by Gasteiger charge is 2.24. The Morgan fingerprint density at radius 1 is 0.963 bits per heavy atom. The van der Waals surface area contributed by atoms with Crippen molar-refractivity contribution in [3.05, 3.63) is 59.9 Å². The third-order valence-corrected chi connectivity index (χ3v) is 4.69. The Balaban J connectivity index is 1.73. The van der Waals surface area contributed by atoms with Crippen LogP contribution in [0.2, 0.25) is 0 Å². The molecule has 1 aliphatic rings. The molecule has 1 aromatic heterocycles. The number of carbonyl (C=O) groups excluding carboxylic acids is 3. The van der Waals surface area contributed by atoms with Gasteiger partial charge in [0.25, 0.3) is 11.8 Å². The first kappa shape index (κ1) is 18.6. The Hall–Kier alpha value is -3.22. The zero-order valence-corrected chi connectivity index (χ0v) is 15.5. The van der Waals surface area contributed by atoms with Crippen LogP contribution in [0.1, 0.15) is 27.8 Å². The van der Waals surface area contributed by atoms with Gasteiger partial charge >= 0.3 is 0 Å². The fourth-order valence-electron chi connectivity index (χ4n) is 3.03. The van der Waals surface area contributed by atoms with Crippen LogP contribution in [0.15, 0.2) is 48.7 Å². The van der Waals surface area contributed by atoms with Crippen molar-refractivity contribution in [1.29, 1.82) is 0 Å². The van der Waals surface area contributed by atoms with E-state index in [1.165, 1.54) is 24.1 Å². The van der Waals surface area contributed by atoms with Gasteiger partial charge in [0.1, 0.15) is 5.69 Å². The highest BCUT2D eigenvalue weighted by atomic mass is 16.2. The Morgan fingerprint density at radius 2 is 1.59 bits per heavy atom. The van der Waals surface area contributed by atoms with Crippen LogP contribution in [0.25, 0.3) is 0 Å². The lowest BCUT2D eigenvalue weighted by Crippen LogP contribution is -2.50. The van der Waals surface area contributed by atoms with Crippen LogP contribution >= 0.6 is 0 Å². The van der Waals surface area contributed by atoms with E-state index >= 15 is 0 Å². The summed E-state index contributed by atoms with van der Waals surface area (Å²) in [6, 6.07) is 12.4. The molecule has 1 saturated heterocycles. The molecular formula is C20H22N4O3. The predicted molar refractivity (Wildman–Crippen MR) is 102 cm³/mol. The van der Waals surface area contributed by atoms with Gasteiger partial charge in [-0.05, 0) is 24.3 Å². The van der Waals surface area contributed by atoms with Crippen LogP contribution in [0.4, 0.5) is 5.69 Å². The summed E-state index contributed by atoms with van der Waals surface area (Å²) >= 11 is 0. The zero-order chi connectivity index (χ0) is 19.4. The normalized spacial score (nSPS) is 14.0. The van der Waals surface area contributed by atoms with Gasteiger partial charge in [-0.25, -0.2) is 0 Å². The molecule has 0 saturated carbocycles. The maximum Gasteiger partial charge on any atom is 0.276 e. The van der Waals surface area contributed by atoms with E-state index in [1.807, 2.05) is 30.3 Å². The van der Waals surface area contributed by atoms with Crippen LogP contribution < -0.4 is 4.90 Å². The Labute approximate surface area is 158 Å². The summed E-state index contributed by atoms with van der Waals surface area (Å²) in [6.07, 6.45) is 1.48. The number of hydrogen-bond acceptors (Lipinski definition) is 4. The van der Waals surface area contributed by atoms with Crippen molar-refractivity contribution >= 4 is 23.4 Å². The number of benzene rings is 1. The van der Waals surface area contributed by atoms with Crippen molar-refractivity contribution in [3.63, 3.8) is 0 Å². The summed E-state index contributed by atoms with van der Waals surface area (Å²) in [4.78, 5) is 45.9. The van der Waals surface area contributed by atoms with E-state index < -0.39 is 0 Å². The monoisotopic (exact) mass is 366 g/mol. The van der Waals surface area contributed by atoms with E-state index in [1.54, 1.807) is 22.9 Å². The molecule has 0 N–H and O–H groups in total. The summed E-state index contributed by atoms with van der Waals surface area (Å²) < 4.78 is 0. The van der Waals surface area contributed by atoms with Crippen molar-refractivity contribution in [3.8, 4) is 0 Å². The van der Waals surface area contributed by atoms with Crippen molar-refractivity contribution in [2.24, 2.45) is 0 Å². The van der Waals surface area contributed by atoms with E-state index in [4.69, 9.17) is 0 Å². The molecule has 27 heavy (non-hydrogen) atoms. The van der Waals surface area contributed by atoms with E-state index in [0.717, 1.165) is 5.69 Å². The van der Waals surface area contributed by atoms with Crippen molar-refractivity contribution in [2.45, 2.75) is 6.92 Å². The molecule has 2 heterocycles. The molecule has 3 rings (SSSR count). The maximum atomic E-state index is 12.8. The van der Waals surface area contributed by atoms with Gasteiger partial charge in [-0.15, -0.1) is 0 Å². The molecule has 1 aliphatic heterocycles.